The Bertz CT molecular complexity index is 576. The maximum Gasteiger partial charge on any atom is 0.152 e. The zero-order chi connectivity index (χ0) is 12.4. The zero-order valence-electron chi connectivity index (χ0n) is 9.21. The molecule has 0 aliphatic heterocycles. The maximum absolute atomic E-state index is 13.4. The molecular weight excluding hydrogens is 222 g/mol. The van der Waals surface area contributed by atoms with Crippen LogP contribution in [0.1, 0.15) is 15.9 Å². The third kappa shape index (κ3) is 2.09. The second-order valence-electron chi connectivity index (χ2n) is 3.77. The summed E-state index contributed by atoms with van der Waals surface area (Å²) in [6.07, 6.45) is 0.456. The highest BCUT2D eigenvalue weighted by molar-refractivity contribution is 5.78. The summed E-state index contributed by atoms with van der Waals surface area (Å²) < 4.78 is 26.8. The molecule has 0 N–H and O–H groups in total. The van der Waals surface area contributed by atoms with Crippen LogP contribution in [0.15, 0.2) is 36.4 Å². The second kappa shape index (κ2) is 4.45. The number of benzene rings is 2. The number of carbonyl (C=O) groups is 1. The second-order valence-corrected chi connectivity index (χ2v) is 3.77. The number of halogens is 2. The molecule has 0 radical (unpaired) electrons. The molecule has 2 aromatic carbocycles. The van der Waals surface area contributed by atoms with Crippen LogP contribution in [0, 0.1) is 18.6 Å². The number of carbonyl (C=O) groups excluding carboxylic acids is 1. The first-order chi connectivity index (χ1) is 8.13. The third-order valence-corrected chi connectivity index (χ3v) is 2.71. The number of hydrogen-bond acceptors (Lipinski definition) is 1. The largest absolute Gasteiger partial charge is 0.298 e. The summed E-state index contributed by atoms with van der Waals surface area (Å²) >= 11 is 0. The van der Waals surface area contributed by atoms with Crippen molar-refractivity contribution >= 4 is 6.29 Å². The molecule has 0 aromatic heterocycles. The van der Waals surface area contributed by atoms with Gasteiger partial charge in [0.1, 0.15) is 11.6 Å². The molecule has 0 spiro atoms. The minimum absolute atomic E-state index is 0.00260. The Balaban J connectivity index is 2.57. The molecule has 0 aliphatic rings. The summed E-state index contributed by atoms with van der Waals surface area (Å²) in [4.78, 5) is 10.5. The summed E-state index contributed by atoms with van der Waals surface area (Å²) in [7, 11) is 0. The molecule has 17 heavy (non-hydrogen) atoms. The van der Waals surface area contributed by atoms with Gasteiger partial charge in [0.15, 0.2) is 6.29 Å². The van der Waals surface area contributed by atoms with Crippen LogP contribution in [0.4, 0.5) is 8.78 Å². The van der Waals surface area contributed by atoms with Crippen molar-refractivity contribution in [2.45, 2.75) is 6.92 Å². The molecule has 3 heteroatoms. The van der Waals surface area contributed by atoms with Crippen LogP contribution < -0.4 is 0 Å². The fourth-order valence-electron chi connectivity index (χ4n) is 1.71. The van der Waals surface area contributed by atoms with Gasteiger partial charge < -0.3 is 0 Å². The van der Waals surface area contributed by atoms with Gasteiger partial charge in [0, 0.05) is 0 Å². The van der Waals surface area contributed by atoms with Gasteiger partial charge in [-0.2, -0.15) is 0 Å². The Hall–Kier alpha value is -2.03. The summed E-state index contributed by atoms with van der Waals surface area (Å²) in [5.41, 5.74) is 1.65. The predicted molar refractivity (Wildman–Crippen MR) is 61.9 cm³/mol. The summed E-state index contributed by atoms with van der Waals surface area (Å²) in [6.45, 7) is 1.64. The van der Waals surface area contributed by atoms with Crippen molar-refractivity contribution in [3.63, 3.8) is 0 Å². The molecule has 0 saturated heterocycles. The van der Waals surface area contributed by atoms with E-state index in [0.29, 0.717) is 23.0 Å². The lowest BCUT2D eigenvalue weighted by Gasteiger charge is -2.07. The van der Waals surface area contributed by atoms with Crippen LogP contribution in [0.25, 0.3) is 11.1 Å². The Morgan fingerprint density at radius 2 is 1.82 bits per heavy atom. The molecule has 1 nitrogen and oxygen atoms in total. The van der Waals surface area contributed by atoms with Gasteiger partial charge in [-0.05, 0) is 41.8 Å². The smallest absolute Gasteiger partial charge is 0.152 e. The SMILES string of the molecule is Cc1c(F)cccc1-c1ccc(C=O)c(F)c1. The molecule has 0 amide bonds. The lowest BCUT2D eigenvalue weighted by atomic mass is 9.99. The minimum Gasteiger partial charge on any atom is -0.298 e. The van der Waals surface area contributed by atoms with Crippen molar-refractivity contribution in [2.75, 3.05) is 0 Å². The zero-order valence-corrected chi connectivity index (χ0v) is 9.21. The number of aldehydes is 1. The van der Waals surface area contributed by atoms with Crippen molar-refractivity contribution in [1.29, 1.82) is 0 Å². The Morgan fingerprint density at radius 1 is 1.06 bits per heavy atom. The van der Waals surface area contributed by atoms with Crippen molar-refractivity contribution in [1.82, 2.24) is 0 Å². The molecule has 0 atom stereocenters. The minimum atomic E-state index is -0.596. The van der Waals surface area contributed by atoms with Gasteiger partial charge in [-0.25, -0.2) is 8.78 Å². The van der Waals surface area contributed by atoms with Gasteiger partial charge in [0.25, 0.3) is 0 Å². The molecule has 86 valence electrons. The quantitative estimate of drug-likeness (QED) is 0.720. The van der Waals surface area contributed by atoms with Gasteiger partial charge in [-0.3, -0.25) is 4.79 Å². The molecule has 0 unspecified atom stereocenters. The lowest BCUT2D eigenvalue weighted by molar-refractivity contribution is 0.112. The van der Waals surface area contributed by atoms with E-state index >= 15 is 0 Å². The van der Waals surface area contributed by atoms with E-state index in [-0.39, 0.29) is 11.4 Å². The Kier molecular flexibility index (Phi) is 3.00. The number of rotatable bonds is 2. The first kappa shape index (κ1) is 11.5. The van der Waals surface area contributed by atoms with Crippen LogP contribution in [0.2, 0.25) is 0 Å². The molecule has 0 aliphatic carbocycles. The highest BCUT2D eigenvalue weighted by Crippen LogP contribution is 2.26. The highest BCUT2D eigenvalue weighted by Gasteiger charge is 2.08. The van der Waals surface area contributed by atoms with Gasteiger partial charge in [0.05, 0.1) is 5.56 Å². The van der Waals surface area contributed by atoms with Crippen molar-refractivity contribution in [3.05, 3.63) is 59.2 Å². The fourth-order valence-corrected chi connectivity index (χ4v) is 1.71. The van der Waals surface area contributed by atoms with E-state index in [1.165, 1.54) is 18.2 Å². The molecule has 2 aromatic rings. The van der Waals surface area contributed by atoms with Crippen LogP contribution in [0.3, 0.4) is 0 Å². The standard InChI is InChI=1S/C14H10F2O/c1-9-12(3-2-4-13(9)15)10-5-6-11(8-17)14(16)7-10/h2-8H,1H3. The maximum atomic E-state index is 13.4. The fraction of sp³-hybridized carbons (Fsp3) is 0.0714. The first-order valence-electron chi connectivity index (χ1n) is 5.13. The number of hydrogen-bond donors (Lipinski definition) is 0. The molecule has 0 heterocycles. The van der Waals surface area contributed by atoms with Crippen molar-refractivity contribution in [2.24, 2.45) is 0 Å². The Morgan fingerprint density at radius 3 is 2.47 bits per heavy atom. The van der Waals surface area contributed by atoms with Gasteiger partial charge >= 0.3 is 0 Å². The van der Waals surface area contributed by atoms with Gasteiger partial charge in [-0.1, -0.05) is 18.2 Å². The van der Waals surface area contributed by atoms with E-state index < -0.39 is 5.82 Å². The Labute approximate surface area is 97.7 Å². The summed E-state index contributed by atoms with van der Waals surface area (Å²) in [6, 6.07) is 8.88. The summed E-state index contributed by atoms with van der Waals surface area (Å²) in [5.74, 6) is -0.927. The van der Waals surface area contributed by atoms with Crippen LogP contribution in [-0.2, 0) is 0 Å². The monoisotopic (exact) mass is 232 g/mol. The van der Waals surface area contributed by atoms with Crippen molar-refractivity contribution in [3.8, 4) is 11.1 Å². The summed E-state index contributed by atoms with van der Waals surface area (Å²) in [5, 5.41) is 0. The topological polar surface area (TPSA) is 17.1 Å². The van der Waals surface area contributed by atoms with Gasteiger partial charge in [-0.15, -0.1) is 0 Å². The molecule has 2 rings (SSSR count). The van der Waals surface area contributed by atoms with Crippen molar-refractivity contribution < 1.29 is 13.6 Å². The molecular formula is C14H10F2O. The molecule has 0 fully saturated rings. The van der Waals surface area contributed by atoms with E-state index in [4.69, 9.17) is 0 Å². The first-order valence-corrected chi connectivity index (χ1v) is 5.13. The predicted octanol–water partition coefficient (Wildman–Crippen LogP) is 3.75. The van der Waals surface area contributed by atoms with Crippen LogP contribution in [-0.4, -0.2) is 6.29 Å². The average Bonchev–Trinajstić information content (AvgIpc) is 2.32. The molecule has 0 saturated carbocycles. The normalized spacial score (nSPS) is 10.3. The van der Waals surface area contributed by atoms with Crippen LogP contribution >= 0.6 is 0 Å². The lowest BCUT2D eigenvalue weighted by Crippen LogP contribution is -1.91. The van der Waals surface area contributed by atoms with E-state index in [9.17, 15) is 13.6 Å². The van der Waals surface area contributed by atoms with E-state index in [2.05, 4.69) is 0 Å². The van der Waals surface area contributed by atoms with E-state index in [1.807, 2.05) is 0 Å². The van der Waals surface area contributed by atoms with Crippen LogP contribution in [0.5, 0.6) is 0 Å². The molecule has 0 bridgehead atoms. The van der Waals surface area contributed by atoms with E-state index in [1.54, 1.807) is 25.1 Å². The van der Waals surface area contributed by atoms with E-state index in [0.717, 1.165) is 0 Å². The average molecular weight is 232 g/mol. The van der Waals surface area contributed by atoms with Gasteiger partial charge in [0.2, 0.25) is 0 Å². The highest BCUT2D eigenvalue weighted by atomic mass is 19.1. The third-order valence-electron chi connectivity index (χ3n) is 2.71.